The zero-order valence-corrected chi connectivity index (χ0v) is 14.8. The standard InChI is InChI=1S/C13H14Br2N2O2S/c1-18-4-5-19-12-3-2-9(7-17-12)16-8-10-6-11(14)13(15)20-10/h2-3,6-7,16H,4-5,8H2,1H3. The number of nitrogens with one attached hydrogen (secondary N) is 1. The molecular weight excluding hydrogens is 408 g/mol. The highest BCUT2D eigenvalue weighted by atomic mass is 79.9. The lowest BCUT2D eigenvalue weighted by molar-refractivity contribution is 0.144. The number of pyridine rings is 1. The second-order valence-corrected chi connectivity index (χ2v) is 7.22. The highest BCUT2D eigenvalue weighted by Crippen LogP contribution is 2.32. The maximum absolute atomic E-state index is 5.41. The molecule has 0 amide bonds. The van der Waals surface area contributed by atoms with Crippen molar-refractivity contribution in [1.29, 1.82) is 0 Å². The van der Waals surface area contributed by atoms with Crippen LogP contribution in [0, 0.1) is 0 Å². The fourth-order valence-corrected chi connectivity index (χ4v) is 3.58. The van der Waals surface area contributed by atoms with E-state index in [0.29, 0.717) is 19.1 Å². The molecule has 4 nitrogen and oxygen atoms in total. The van der Waals surface area contributed by atoms with Crippen LogP contribution < -0.4 is 10.1 Å². The van der Waals surface area contributed by atoms with E-state index in [1.54, 1.807) is 24.6 Å². The van der Waals surface area contributed by atoms with Gasteiger partial charge in [-0.1, -0.05) is 0 Å². The van der Waals surface area contributed by atoms with Gasteiger partial charge in [-0.3, -0.25) is 0 Å². The SMILES string of the molecule is COCCOc1ccc(NCc2cc(Br)c(Br)s2)cn1. The van der Waals surface area contributed by atoms with Crippen LogP contribution in [0.3, 0.4) is 0 Å². The van der Waals surface area contributed by atoms with Crippen molar-refractivity contribution in [2.75, 3.05) is 25.6 Å². The van der Waals surface area contributed by atoms with Crippen molar-refractivity contribution in [1.82, 2.24) is 4.98 Å². The van der Waals surface area contributed by atoms with Gasteiger partial charge in [0, 0.05) is 29.1 Å². The van der Waals surface area contributed by atoms with Crippen LogP contribution in [0.2, 0.25) is 0 Å². The van der Waals surface area contributed by atoms with Gasteiger partial charge in [0.2, 0.25) is 5.88 Å². The number of methoxy groups -OCH3 is 1. The summed E-state index contributed by atoms with van der Waals surface area (Å²) in [5.74, 6) is 0.606. The van der Waals surface area contributed by atoms with E-state index in [1.807, 2.05) is 12.1 Å². The van der Waals surface area contributed by atoms with Crippen molar-refractivity contribution >= 4 is 48.9 Å². The molecule has 20 heavy (non-hydrogen) atoms. The van der Waals surface area contributed by atoms with Gasteiger partial charge >= 0.3 is 0 Å². The summed E-state index contributed by atoms with van der Waals surface area (Å²) in [5.41, 5.74) is 0.963. The molecule has 0 atom stereocenters. The minimum Gasteiger partial charge on any atom is -0.475 e. The third-order valence-electron chi connectivity index (χ3n) is 2.44. The molecule has 0 saturated carbocycles. The van der Waals surface area contributed by atoms with Crippen LogP contribution in [-0.2, 0) is 11.3 Å². The van der Waals surface area contributed by atoms with E-state index < -0.39 is 0 Å². The Hall–Kier alpha value is -0.630. The van der Waals surface area contributed by atoms with E-state index in [-0.39, 0.29) is 0 Å². The Morgan fingerprint density at radius 2 is 2.15 bits per heavy atom. The number of nitrogens with zero attached hydrogens (tertiary/aromatic N) is 1. The van der Waals surface area contributed by atoms with Crippen LogP contribution in [0.5, 0.6) is 5.88 Å². The second kappa shape index (κ2) is 7.97. The molecule has 0 saturated heterocycles. The lowest BCUT2D eigenvalue weighted by Gasteiger charge is -2.07. The first kappa shape index (κ1) is 15.8. The second-order valence-electron chi connectivity index (χ2n) is 3.91. The molecule has 2 aromatic rings. The largest absolute Gasteiger partial charge is 0.475 e. The van der Waals surface area contributed by atoms with Gasteiger partial charge in [0.15, 0.2) is 0 Å². The van der Waals surface area contributed by atoms with Gasteiger partial charge < -0.3 is 14.8 Å². The summed E-state index contributed by atoms with van der Waals surface area (Å²) in [5, 5.41) is 3.32. The maximum Gasteiger partial charge on any atom is 0.213 e. The molecule has 1 N–H and O–H groups in total. The highest BCUT2D eigenvalue weighted by Gasteiger charge is 2.04. The van der Waals surface area contributed by atoms with Crippen molar-refractivity contribution in [2.45, 2.75) is 6.54 Å². The van der Waals surface area contributed by atoms with Gasteiger partial charge in [-0.2, -0.15) is 0 Å². The molecule has 0 aliphatic heterocycles. The number of hydrogen-bond donors (Lipinski definition) is 1. The normalized spacial score (nSPS) is 10.6. The molecule has 0 aliphatic carbocycles. The maximum atomic E-state index is 5.41. The van der Waals surface area contributed by atoms with Crippen LogP contribution in [-0.4, -0.2) is 25.3 Å². The predicted octanol–water partition coefficient (Wildman–Crippen LogP) is 4.31. The van der Waals surface area contributed by atoms with E-state index in [2.05, 4.69) is 48.2 Å². The zero-order chi connectivity index (χ0) is 14.4. The van der Waals surface area contributed by atoms with Gasteiger partial charge in [0.25, 0.3) is 0 Å². The number of halogens is 2. The summed E-state index contributed by atoms with van der Waals surface area (Å²) < 4.78 is 12.5. The van der Waals surface area contributed by atoms with Crippen molar-refractivity contribution < 1.29 is 9.47 Å². The zero-order valence-electron chi connectivity index (χ0n) is 10.9. The molecule has 0 aliphatic rings. The molecule has 2 rings (SSSR count). The van der Waals surface area contributed by atoms with Crippen molar-refractivity contribution in [2.24, 2.45) is 0 Å². The third kappa shape index (κ3) is 4.73. The van der Waals surface area contributed by atoms with Gasteiger partial charge in [0.05, 0.1) is 22.3 Å². The Kier molecular flexibility index (Phi) is 6.28. The van der Waals surface area contributed by atoms with Crippen LogP contribution in [0.4, 0.5) is 5.69 Å². The molecule has 0 aromatic carbocycles. The molecule has 0 bridgehead atoms. The molecule has 0 fully saturated rings. The smallest absolute Gasteiger partial charge is 0.213 e. The number of rotatable bonds is 7. The molecular formula is C13H14Br2N2O2S. The fourth-order valence-electron chi connectivity index (χ4n) is 1.47. The van der Waals surface area contributed by atoms with Crippen LogP contribution in [0.1, 0.15) is 4.88 Å². The average Bonchev–Trinajstić information content (AvgIpc) is 2.77. The number of ether oxygens (including phenoxy) is 2. The van der Waals surface area contributed by atoms with E-state index in [4.69, 9.17) is 9.47 Å². The topological polar surface area (TPSA) is 43.4 Å². The summed E-state index contributed by atoms with van der Waals surface area (Å²) >= 11 is 8.66. The highest BCUT2D eigenvalue weighted by molar-refractivity contribution is 9.13. The Labute approximate surface area is 138 Å². The summed E-state index contributed by atoms with van der Waals surface area (Å²) in [7, 11) is 1.64. The molecule has 0 spiro atoms. The van der Waals surface area contributed by atoms with E-state index in [1.165, 1.54) is 4.88 Å². The summed E-state index contributed by atoms with van der Waals surface area (Å²) in [6.07, 6.45) is 1.76. The molecule has 108 valence electrons. The monoisotopic (exact) mass is 420 g/mol. The third-order valence-corrected chi connectivity index (χ3v) is 5.69. The number of anilines is 1. The van der Waals surface area contributed by atoms with Gasteiger partial charge in [-0.25, -0.2) is 4.98 Å². The van der Waals surface area contributed by atoms with E-state index >= 15 is 0 Å². The van der Waals surface area contributed by atoms with Gasteiger partial charge in [0.1, 0.15) is 6.61 Å². The first-order valence-corrected chi connectivity index (χ1v) is 8.34. The van der Waals surface area contributed by atoms with E-state index in [9.17, 15) is 0 Å². The number of aromatic nitrogens is 1. The van der Waals surface area contributed by atoms with Crippen molar-refractivity contribution in [3.05, 3.63) is 37.5 Å². The van der Waals surface area contributed by atoms with Crippen LogP contribution in [0.25, 0.3) is 0 Å². The first-order chi connectivity index (χ1) is 9.69. The first-order valence-electron chi connectivity index (χ1n) is 5.94. The summed E-state index contributed by atoms with van der Waals surface area (Å²) in [4.78, 5) is 5.47. The Morgan fingerprint density at radius 1 is 1.30 bits per heavy atom. The Bertz CT molecular complexity index is 526. The van der Waals surface area contributed by atoms with Gasteiger partial charge in [-0.15, -0.1) is 11.3 Å². The molecule has 0 unspecified atom stereocenters. The van der Waals surface area contributed by atoms with E-state index in [0.717, 1.165) is 20.5 Å². The summed E-state index contributed by atoms with van der Waals surface area (Å²) in [6.45, 7) is 1.83. The summed E-state index contributed by atoms with van der Waals surface area (Å²) in [6, 6.07) is 5.89. The predicted molar refractivity (Wildman–Crippen MR) is 88.7 cm³/mol. The quantitative estimate of drug-likeness (QED) is 0.676. The average molecular weight is 422 g/mol. The molecule has 2 aromatic heterocycles. The molecule has 7 heteroatoms. The Balaban J connectivity index is 1.84. The number of thiophene rings is 1. The van der Waals surface area contributed by atoms with Crippen molar-refractivity contribution in [3.63, 3.8) is 0 Å². The fraction of sp³-hybridized carbons (Fsp3) is 0.308. The molecule has 2 heterocycles. The Morgan fingerprint density at radius 3 is 2.75 bits per heavy atom. The van der Waals surface area contributed by atoms with Crippen LogP contribution in [0.15, 0.2) is 32.7 Å². The minimum atomic E-state index is 0.507. The van der Waals surface area contributed by atoms with Crippen molar-refractivity contribution in [3.8, 4) is 5.88 Å². The lowest BCUT2D eigenvalue weighted by Crippen LogP contribution is -2.05. The molecule has 0 radical (unpaired) electrons. The number of hydrogen-bond acceptors (Lipinski definition) is 5. The van der Waals surface area contributed by atoms with Gasteiger partial charge in [-0.05, 0) is 44.0 Å². The van der Waals surface area contributed by atoms with Crippen LogP contribution >= 0.6 is 43.2 Å². The lowest BCUT2D eigenvalue weighted by atomic mass is 10.4. The minimum absolute atomic E-state index is 0.507.